The predicted octanol–water partition coefficient (Wildman–Crippen LogP) is 5.44. The van der Waals surface area contributed by atoms with Crippen molar-refractivity contribution in [1.29, 1.82) is 0 Å². The maximum Gasteiger partial charge on any atom is 0.308 e. The zero-order chi connectivity index (χ0) is 25.3. The van der Waals surface area contributed by atoms with E-state index in [0.717, 1.165) is 25.9 Å². The Morgan fingerprint density at radius 3 is 2.43 bits per heavy atom. The Labute approximate surface area is 212 Å². The zero-order valence-electron chi connectivity index (χ0n) is 19.4. The molecule has 1 amide bonds. The number of benzene rings is 3. The van der Waals surface area contributed by atoms with Crippen molar-refractivity contribution in [3.05, 3.63) is 87.0 Å². The average Bonchev–Trinajstić information content (AvgIpc) is 3.13. The number of fused-ring (bicyclic) bond motifs is 1. The van der Waals surface area contributed by atoms with Gasteiger partial charge in [-0.25, -0.2) is 8.42 Å². The molecule has 0 atom stereocenters. The number of carbonyl (C=O) groups excluding carboxylic acids is 1. The number of para-hydroxylation sites is 1. The summed E-state index contributed by atoms with van der Waals surface area (Å²) in [6, 6.07) is 18.0. The highest BCUT2D eigenvalue weighted by atomic mass is 35.5. The molecule has 0 aliphatic rings. The SMILES string of the molecule is Cc1ccccc1N(CC(=O)Nc1ccc2c(c1)sc(=O)n2C(C)C)S(=O)(=O)c1ccc(Cl)cc1. The highest BCUT2D eigenvalue weighted by Gasteiger charge is 2.28. The van der Waals surface area contributed by atoms with E-state index in [-0.39, 0.29) is 15.8 Å². The lowest BCUT2D eigenvalue weighted by atomic mass is 10.2. The van der Waals surface area contributed by atoms with Gasteiger partial charge < -0.3 is 5.32 Å². The predicted molar refractivity (Wildman–Crippen MR) is 142 cm³/mol. The number of hydrogen-bond acceptors (Lipinski definition) is 5. The van der Waals surface area contributed by atoms with Gasteiger partial charge in [-0.1, -0.05) is 41.1 Å². The van der Waals surface area contributed by atoms with Crippen molar-refractivity contribution in [3.8, 4) is 0 Å². The van der Waals surface area contributed by atoms with Crippen LogP contribution in [0, 0.1) is 6.92 Å². The second kappa shape index (κ2) is 9.85. The van der Waals surface area contributed by atoms with Crippen LogP contribution in [0.1, 0.15) is 25.5 Å². The highest BCUT2D eigenvalue weighted by Crippen LogP contribution is 2.28. The van der Waals surface area contributed by atoms with Crippen molar-refractivity contribution in [1.82, 2.24) is 4.57 Å². The van der Waals surface area contributed by atoms with Gasteiger partial charge in [0, 0.05) is 16.8 Å². The molecule has 35 heavy (non-hydrogen) atoms. The third-order valence-corrected chi connectivity index (χ3v) is 8.43. The maximum absolute atomic E-state index is 13.5. The molecule has 0 bridgehead atoms. The van der Waals surface area contributed by atoms with Gasteiger partial charge in [-0.3, -0.25) is 18.5 Å². The van der Waals surface area contributed by atoms with Gasteiger partial charge in [-0.05, 0) is 74.9 Å². The topological polar surface area (TPSA) is 88.5 Å². The first-order valence-corrected chi connectivity index (χ1v) is 13.5. The summed E-state index contributed by atoms with van der Waals surface area (Å²) in [7, 11) is -4.06. The van der Waals surface area contributed by atoms with Gasteiger partial charge >= 0.3 is 4.87 Å². The van der Waals surface area contributed by atoms with Gasteiger partial charge in [0.1, 0.15) is 6.54 Å². The van der Waals surface area contributed by atoms with Crippen molar-refractivity contribution in [2.24, 2.45) is 0 Å². The summed E-state index contributed by atoms with van der Waals surface area (Å²) in [6.07, 6.45) is 0. The molecule has 1 N–H and O–H groups in total. The van der Waals surface area contributed by atoms with Gasteiger partial charge in [0.15, 0.2) is 0 Å². The molecule has 0 saturated heterocycles. The molecule has 10 heteroatoms. The van der Waals surface area contributed by atoms with Gasteiger partial charge in [0.2, 0.25) is 5.91 Å². The molecular weight excluding hydrogens is 506 g/mol. The third kappa shape index (κ3) is 5.12. The van der Waals surface area contributed by atoms with E-state index in [1.54, 1.807) is 54.0 Å². The molecule has 7 nitrogen and oxygen atoms in total. The molecule has 182 valence electrons. The van der Waals surface area contributed by atoms with Crippen LogP contribution >= 0.6 is 22.9 Å². The fourth-order valence-electron chi connectivity index (χ4n) is 3.81. The summed E-state index contributed by atoms with van der Waals surface area (Å²) in [5.74, 6) is -0.513. The van der Waals surface area contributed by atoms with Gasteiger partial charge in [0.25, 0.3) is 10.0 Å². The number of aryl methyl sites for hydroxylation is 1. The lowest BCUT2D eigenvalue weighted by Crippen LogP contribution is -2.38. The molecule has 1 aromatic heterocycles. The fourth-order valence-corrected chi connectivity index (χ4v) is 6.47. The van der Waals surface area contributed by atoms with Crippen molar-refractivity contribution < 1.29 is 13.2 Å². The number of aromatic nitrogens is 1. The van der Waals surface area contributed by atoms with E-state index in [4.69, 9.17) is 11.6 Å². The van der Waals surface area contributed by atoms with Crippen LogP contribution < -0.4 is 14.5 Å². The smallest absolute Gasteiger partial charge is 0.308 e. The molecule has 0 fully saturated rings. The number of thiazole rings is 1. The summed E-state index contributed by atoms with van der Waals surface area (Å²) in [5.41, 5.74) is 2.38. The highest BCUT2D eigenvalue weighted by molar-refractivity contribution is 7.92. The fraction of sp³-hybridized carbons (Fsp3) is 0.200. The van der Waals surface area contributed by atoms with E-state index in [0.29, 0.717) is 22.0 Å². The van der Waals surface area contributed by atoms with Crippen LogP contribution in [0.4, 0.5) is 11.4 Å². The minimum Gasteiger partial charge on any atom is -0.324 e. The zero-order valence-corrected chi connectivity index (χ0v) is 21.7. The number of nitrogens with zero attached hydrogens (tertiary/aromatic N) is 2. The van der Waals surface area contributed by atoms with Crippen molar-refractivity contribution in [2.75, 3.05) is 16.2 Å². The lowest BCUT2D eigenvalue weighted by Gasteiger charge is -2.25. The molecule has 3 aromatic carbocycles. The van der Waals surface area contributed by atoms with Crippen LogP contribution in [0.5, 0.6) is 0 Å². The average molecular weight is 530 g/mol. The van der Waals surface area contributed by atoms with Crippen LogP contribution in [0.3, 0.4) is 0 Å². The molecule has 4 rings (SSSR count). The number of nitrogens with one attached hydrogen (secondary N) is 1. The Kier molecular flexibility index (Phi) is 7.02. The van der Waals surface area contributed by atoms with Crippen molar-refractivity contribution in [3.63, 3.8) is 0 Å². The first-order valence-electron chi connectivity index (χ1n) is 10.9. The Morgan fingerprint density at radius 1 is 1.09 bits per heavy atom. The van der Waals surface area contributed by atoms with Gasteiger partial charge in [-0.15, -0.1) is 0 Å². The van der Waals surface area contributed by atoms with E-state index >= 15 is 0 Å². The standard InChI is InChI=1S/C25H24ClN3O4S2/c1-16(2)29-22-13-10-19(14-23(22)34-25(29)31)27-24(30)15-28(21-7-5-4-6-17(21)3)35(32,33)20-11-8-18(26)9-12-20/h4-14,16H,15H2,1-3H3,(H,27,30). The van der Waals surface area contributed by atoms with Gasteiger partial charge in [0.05, 0.1) is 20.8 Å². The summed E-state index contributed by atoms with van der Waals surface area (Å²) in [6.45, 7) is 5.22. The Bertz CT molecular complexity index is 1560. The van der Waals surface area contributed by atoms with E-state index in [9.17, 15) is 18.0 Å². The molecule has 0 aliphatic carbocycles. The number of halogens is 1. The first kappa shape index (κ1) is 25.0. The van der Waals surface area contributed by atoms with Gasteiger partial charge in [-0.2, -0.15) is 0 Å². The van der Waals surface area contributed by atoms with Crippen LogP contribution in [0.25, 0.3) is 10.2 Å². The summed E-state index contributed by atoms with van der Waals surface area (Å²) in [5, 5.41) is 3.18. The molecule has 0 saturated carbocycles. The number of carbonyl (C=O) groups is 1. The molecule has 1 heterocycles. The van der Waals surface area contributed by atoms with E-state index in [1.165, 1.54) is 24.3 Å². The number of sulfonamides is 1. The number of hydrogen-bond donors (Lipinski definition) is 1. The third-order valence-electron chi connectivity index (χ3n) is 5.49. The summed E-state index contributed by atoms with van der Waals surface area (Å²) < 4.78 is 30.6. The minimum atomic E-state index is -4.06. The first-order chi connectivity index (χ1) is 16.6. The van der Waals surface area contributed by atoms with E-state index < -0.39 is 22.5 Å². The normalized spacial score (nSPS) is 11.7. The Hall–Kier alpha value is -3.14. The molecule has 0 unspecified atom stereocenters. The lowest BCUT2D eigenvalue weighted by molar-refractivity contribution is -0.114. The quantitative estimate of drug-likeness (QED) is 0.345. The van der Waals surface area contributed by atoms with E-state index in [2.05, 4.69) is 5.32 Å². The minimum absolute atomic E-state index is 0.0115. The molecular formula is C25H24ClN3O4S2. The summed E-state index contributed by atoms with van der Waals surface area (Å²) in [4.78, 5) is 25.3. The van der Waals surface area contributed by atoms with E-state index in [1.807, 2.05) is 13.8 Å². The number of rotatable bonds is 7. The van der Waals surface area contributed by atoms with Crippen LogP contribution in [0.2, 0.25) is 5.02 Å². The Morgan fingerprint density at radius 2 is 1.77 bits per heavy atom. The second-order valence-electron chi connectivity index (χ2n) is 8.31. The molecule has 0 spiro atoms. The Balaban J connectivity index is 1.66. The van der Waals surface area contributed by atoms with Crippen LogP contribution in [0.15, 0.2) is 76.4 Å². The largest absolute Gasteiger partial charge is 0.324 e. The molecule has 4 aromatic rings. The number of amides is 1. The monoisotopic (exact) mass is 529 g/mol. The molecule has 0 radical (unpaired) electrons. The second-order valence-corrected chi connectivity index (χ2v) is 11.6. The number of anilines is 2. The van der Waals surface area contributed by atoms with Crippen molar-refractivity contribution in [2.45, 2.75) is 31.7 Å². The summed E-state index contributed by atoms with van der Waals surface area (Å²) >= 11 is 7.04. The van der Waals surface area contributed by atoms with Crippen molar-refractivity contribution >= 4 is 60.5 Å². The maximum atomic E-state index is 13.5. The van der Waals surface area contributed by atoms with Crippen LogP contribution in [-0.2, 0) is 14.8 Å². The molecule has 0 aliphatic heterocycles. The van der Waals surface area contributed by atoms with Crippen LogP contribution in [-0.4, -0.2) is 25.4 Å².